The maximum absolute atomic E-state index is 5.35. The molecular weight excluding hydrogens is 270 g/mol. The van der Waals surface area contributed by atoms with Crippen molar-refractivity contribution in [2.75, 3.05) is 39.5 Å². The van der Waals surface area contributed by atoms with Crippen molar-refractivity contribution in [2.24, 2.45) is 15.0 Å². The van der Waals surface area contributed by atoms with Crippen LogP contribution < -0.4 is 0 Å². The summed E-state index contributed by atoms with van der Waals surface area (Å²) >= 11 is 0. The first-order valence-electron chi connectivity index (χ1n) is 7.87. The summed E-state index contributed by atoms with van der Waals surface area (Å²) in [6.45, 7) is 4.90. The van der Waals surface area contributed by atoms with Gasteiger partial charge in [-0.15, -0.1) is 0 Å². The molecule has 0 aromatic heterocycles. The van der Waals surface area contributed by atoms with Gasteiger partial charge in [0.2, 0.25) is 0 Å². The van der Waals surface area contributed by atoms with Gasteiger partial charge in [-0.1, -0.05) is 12.8 Å². The molecule has 0 aromatic rings. The molecule has 3 rings (SSSR count). The molecule has 3 aliphatic rings. The molecule has 0 saturated carbocycles. The highest BCUT2D eigenvalue weighted by molar-refractivity contribution is 5.77. The highest BCUT2D eigenvalue weighted by atomic mass is 16.5. The number of unbranched alkanes of at least 4 members (excludes halogenated alkanes) is 3. The Morgan fingerprint density at radius 1 is 0.762 bits per heavy atom. The SMILES string of the molecule is C(CCCC1=NCCO1)CCC1=NCCO1.C1=NCCO1. The number of nitrogens with zero attached hydrogens (tertiary/aromatic N) is 3. The Morgan fingerprint density at radius 3 is 1.71 bits per heavy atom. The smallest absolute Gasteiger partial charge is 0.183 e. The molecule has 0 radical (unpaired) electrons. The molecule has 0 atom stereocenters. The molecular formula is C15H25N3O3. The number of aliphatic imine (C=N–C) groups is 3. The third-order valence-corrected chi connectivity index (χ3v) is 3.31. The van der Waals surface area contributed by atoms with Crippen molar-refractivity contribution in [2.45, 2.75) is 38.5 Å². The quantitative estimate of drug-likeness (QED) is 0.676. The molecule has 6 nitrogen and oxygen atoms in total. The summed E-state index contributed by atoms with van der Waals surface area (Å²) in [6, 6.07) is 0. The summed E-state index contributed by atoms with van der Waals surface area (Å²) in [5.41, 5.74) is 0. The van der Waals surface area contributed by atoms with E-state index in [1.807, 2.05) is 0 Å². The van der Waals surface area contributed by atoms with Crippen LogP contribution in [0.1, 0.15) is 38.5 Å². The lowest BCUT2D eigenvalue weighted by atomic mass is 10.1. The van der Waals surface area contributed by atoms with Crippen molar-refractivity contribution in [3.05, 3.63) is 0 Å². The van der Waals surface area contributed by atoms with Crippen LogP contribution in [0.4, 0.5) is 0 Å². The third-order valence-electron chi connectivity index (χ3n) is 3.31. The lowest BCUT2D eigenvalue weighted by Gasteiger charge is -2.03. The van der Waals surface area contributed by atoms with Crippen molar-refractivity contribution in [3.63, 3.8) is 0 Å². The molecule has 0 amide bonds. The van der Waals surface area contributed by atoms with E-state index in [9.17, 15) is 0 Å². The molecule has 0 spiro atoms. The lowest BCUT2D eigenvalue weighted by Crippen LogP contribution is -1.99. The van der Waals surface area contributed by atoms with E-state index in [1.54, 1.807) is 0 Å². The maximum Gasteiger partial charge on any atom is 0.183 e. The molecule has 0 bridgehead atoms. The Labute approximate surface area is 126 Å². The van der Waals surface area contributed by atoms with Gasteiger partial charge in [0.15, 0.2) is 18.2 Å². The molecule has 21 heavy (non-hydrogen) atoms. The Hall–Kier alpha value is -1.59. The van der Waals surface area contributed by atoms with Crippen LogP contribution in [0.2, 0.25) is 0 Å². The molecule has 0 unspecified atom stereocenters. The summed E-state index contributed by atoms with van der Waals surface area (Å²) < 4.78 is 15.4. The fraction of sp³-hybridized carbons (Fsp3) is 0.800. The minimum Gasteiger partial charge on any atom is -0.482 e. The Kier molecular flexibility index (Phi) is 7.66. The second-order valence-electron chi connectivity index (χ2n) is 5.04. The van der Waals surface area contributed by atoms with E-state index >= 15 is 0 Å². The zero-order valence-electron chi connectivity index (χ0n) is 12.6. The molecule has 0 aliphatic carbocycles. The molecule has 0 N–H and O–H groups in total. The van der Waals surface area contributed by atoms with Gasteiger partial charge in [0, 0.05) is 12.8 Å². The largest absolute Gasteiger partial charge is 0.482 e. The van der Waals surface area contributed by atoms with Crippen LogP contribution >= 0.6 is 0 Å². The molecule has 0 aromatic carbocycles. The van der Waals surface area contributed by atoms with Gasteiger partial charge in [-0.2, -0.15) is 0 Å². The van der Waals surface area contributed by atoms with Crippen LogP contribution in [0.3, 0.4) is 0 Å². The van der Waals surface area contributed by atoms with E-state index in [2.05, 4.69) is 19.7 Å². The van der Waals surface area contributed by atoms with Crippen molar-refractivity contribution in [1.29, 1.82) is 0 Å². The van der Waals surface area contributed by atoms with Gasteiger partial charge < -0.3 is 14.2 Å². The number of hydrogen-bond acceptors (Lipinski definition) is 6. The summed E-state index contributed by atoms with van der Waals surface area (Å²) in [5.74, 6) is 1.92. The Balaban J connectivity index is 0.000000272. The van der Waals surface area contributed by atoms with E-state index in [0.29, 0.717) is 0 Å². The number of ether oxygens (including phenoxy) is 3. The second kappa shape index (κ2) is 10.2. The van der Waals surface area contributed by atoms with Crippen molar-refractivity contribution < 1.29 is 14.2 Å². The molecule has 3 heterocycles. The monoisotopic (exact) mass is 295 g/mol. The third kappa shape index (κ3) is 7.11. The minimum atomic E-state index is 0.778. The average molecular weight is 295 g/mol. The Morgan fingerprint density at radius 2 is 1.38 bits per heavy atom. The van der Waals surface area contributed by atoms with Gasteiger partial charge in [-0.05, 0) is 12.8 Å². The van der Waals surface area contributed by atoms with Gasteiger partial charge in [-0.3, -0.25) is 15.0 Å². The van der Waals surface area contributed by atoms with Gasteiger partial charge in [-0.25, -0.2) is 0 Å². The summed E-state index contributed by atoms with van der Waals surface area (Å²) in [5, 5.41) is 0. The highest BCUT2D eigenvalue weighted by Crippen LogP contribution is 2.10. The van der Waals surface area contributed by atoms with Crippen LogP contribution in [0.25, 0.3) is 0 Å². The first-order chi connectivity index (χ1) is 10.4. The van der Waals surface area contributed by atoms with Crippen LogP contribution in [-0.2, 0) is 14.2 Å². The molecule has 118 valence electrons. The first kappa shape index (κ1) is 15.8. The zero-order chi connectivity index (χ0) is 14.6. The predicted octanol–water partition coefficient (Wildman–Crippen LogP) is 2.23. The fourth-order valence-electron chi connectivity index (χ4n) is 2.23. The molecule has 3 aliphatic heterocycles. The van der Waals surface area contributed by atoms with Gasteiger partial charge in [0.1, 0.15) is 19.8 Å². The summed E-state index contributed by atoms with van der Waals surface area (Å²) in [6.07, 6.45) is 8.37. The maximum atomic E-state index is 5.35. The van der Waals surface area contributed by atoms with Crippen LogP contribution in [-0.4, -0.2) is 57.7 Å². The highest BCUT2D eigenvalue weighted by Gasteiger charge is 2.07. The number of rotatable bonds is 7. The average Bonchev–Trinajstić information content (AvgIpc) is 3.28. The van der Waals surface area contributed by atoms with Crippen molar-refractivity contribution >= 4 is 18.2 Å². The predicted molar refractivity (Wildman–Crippen MR) is 83.5 cm³/mol. The van der Waals surface area contributed by atoms with E-state index in [1.165, 1.54) is 32.1 Å². The van der Waals surface area contributed by atoms with Crippen LogP contribution in [0.15, 0.2) is 15.0 Å². The topological polar surface area (TPSA) is 64.8 Å². The summed E-state index contributed by atoms with van der Waals surface area (Å²) in [7, 11) is 0. The number of hydrogen-bond donors (Lipinski definition) is 0. The Bertz CT molecular complexity index is 346. The standard InChI is InChI=1S/C12H20N2O2.C3H5NO/c1(3-5-11-13-7-9-15-11)2-4-6-12-14-8-10-16-12;1-2-5-3-4-1/h1-10H2;3H,1-2H2. The van der Waals surface area contributed by atoms with E-state index in [0.717, 1.165) is 64.1 Å². The van der Waals surface area contributed by atoms with Crippen molar-refractivity contribution in [3.8, 4) is 0 Å². The lowest BCUT2D eigenvalue weighted by molar-refractivity contribution is 0.334. The van der Waals surface area contributed by atoms with E-state index in [4.69, 9.17) is 9.47 Å². The molecule has 0 saturated heterocycles. The molecule has 6 heteroatoms. The van der Waals surface area contributed by atoms with Gasteiger partial charge in [0.25, 0.3) is 0 Å². The summed E-state index contributed by atoms with van der Waals surface area (Å²) in [4.78, 5) is 12.3. The van der Waals surface area contributed by atoms with Gasteiger partial charge >= 0.3 is 0 Å². The van der Waals surface area contributed by atoms with E-state index < -0.39 is 0 Å². The normalized spacial score (nSPS) is 19.0. The minimum absolute atomic E-state index is 0.778. The van der Waals surface area contributed by atoms with Crippen molar-refractivity contribution in [1.82, 2.24) is 0 Å². The van der Waals surface area contributed by atoms with Crippen LogP contribution in [0, 0.1) is 0 Å². The van der Waals surface area contributed by atoms with Crippen LogP contribution in [0.5, 0.6) is 0 Å². The zero-order valence-corrected chi connectivity index (χ0v) is 12.6. The first-order valence-corrected chi connectivity index (χ1v) is 7.87. The van der Waals surface area contributed by atoms with Gasteiger partial charge in [0.05, 0.1) is 19.6 Å². The fourth-order valence-corrected chi connectivity index (χ4v) is 2.23. The second-order valence-corrected chi connectivity index (χ2v) is 5.04. The van der Waals surface area contributed by atoms with E-state index in [-0.39, 0.29) is 0 Å². The molecule has 0 fully saturated rings.